The van der Waals surface area contributed by atoms with Gasteiger partial charge in [0.15, 0.2) is 0 Å². The molecule has 0 aliphatic carbocycles. The standard InChI is InChI=1S/C54H35NO/c1-2-13-36(14-3-1)37-25-30-41(31-26-37)55(42-32-27-39(28-33-42)50-35-40-16-5-6-17-43(40)45-19-8-9-20-46(45)50)51-23-11-10-21-47(51)48-22-12-24-52-53(48)49-34-29-38-15-4-7-18-44(38)54(49)56-52/h1-35H. The molecule has 11 rings (SSSR count). The second kappa shape index (κ2) is 13.2. The molecule has 0 aliphatic rings. The summed E-state index contributed by atoms with van der Waals surface area (Å²) in [6.45, 7) is 0. The molecule has 262 valence electrons. The van der Waals surface area contributed by atoms with Crippen LogP contribution in [0.2, 0.25) is 0 Å². The molecule has 0 unspecified atom stereocenters. The predicted molar refractivity (Wildman–Crippen MR) is 237 cm³/mol. The maximum atomic E-state index is 6.65. The van der Waals surface area contributed by atoms with E-state index in [0.717, 1.165) is 55.5 Å². The van der Waals surface area contributed by atoms with Gasteiger partial charge in [0.25, 0.3) is 0 Å². The number of rotatable bonds is 6. The SMILES string of the molecule is c1ccc(-c2ccc(N(c3ccc(-c4cc5ccccc5c5ccccc45)cc3)c3ccccc3-c3cccc4oc5c6ccccc6ccc5c34)cc2)cc1. The Kier molecular flexibility index (Phi) is 7.53. The minimum Gasteiger partial charge on any atom is -0.455 e. The van der Waals surface area contributed by atoms with Crippen LogP contribution in [0.25, 0.3) is 87.6 Å². The summed E-state index contributed by atoms with van der Waals surface area (Å²) >= 11 is 0. The van der Waals surface area contributed by atoms with Crippen LogP contribution in [-0.4, -0.2) is 0 Å². The van der Waals surface area contributed by atoms with Gasteiger partial charge in [0.05, 0.1) is 5.69 Å². The summed E-state index contributed by atoms with van der Waals surface area (Å²) in [5.41, 5.74) is 12.1. The van der Waals surface area contributed by atoms with Crippen LogP contribution >= 0.6 is 0 Å². The lowest BCUT2D eigenvalue weighted by Crippen LogP contribution is -2.11. The van der Waals surface area contributed by atoms with E-state index in [1.54, 1.807) is 0 Å². The molecule has 0 atom stereocenters. The van der Waals surface area contributed by atoms with Crippen LogP contribution < -0.4 is 4.90 Å². The first-order valence-corrected chi connectivity index (χ1v) is 19.2. The number of nitrogens with zero attached hydrogens (tertiary/aromatic N) is 1. The van der Waals surface area contributed by atoms with Crippen molar-refractivity contribution < 1.29 is 4.42 Å². The van der Waals surface area contributed by atoms with Gasteiger partial charge in [0.1, 0.15) is 11.2 Å². The maximum Gasteiger partial charge on any atom is 0.143 e. The average molecular weight is 714 g/mol. The third-order valence-corrected chi connectivity index (χ3v) is 11.3. The van der Waals surface area contributed by atoms with E-state index < -0.39 is 0 Å². The van der Waals surface area contributed by atoms with Crippen LogP contribution in [-0.2, 0) is 0 Å². The van der Waals surface area contributed by atoms with E-state index in [9.17, 15) is 0 Å². The monoisotopic (exact) mass is 713 g/mol. The van der Waals surface area contributed by atoms with Gasteiger partial charge in [0, 0.05) is 33.1 Å². The molecule has 56 heavy (non-hydrogen) atoms. The normalized spacial score (nSPS) is 11.6. The topological polar surface area (TPSA) is 16.4 Å². The fraction of sp³-hybridized carbons (Fsp3) is 0. The van der Waals surface area contributed by atoms with Crippen LogP contribution in [0.3, 0.4) is 0 Å². The molecule has 0 fully saturated rings. The van der Waals surface area contributed by atoms with Crippen molar-refractivity contribution in [1.82, 2.24) is 0 Å². The van der Waals surface area contributed by atoms with Crippen LogP contribution in [0.4, 0.5) is 17.1 Å². The van der Waals surface area contributed by atoms with E-state index in [2.05, 4.69) is 217 Å². The fourth-order valence-electron chi connectivity index (χ4n) is 8.62. The van der Waals surface area contributed by atoms with Gasteiger partial charge in [-0.15, -0.1) is 0 Å². The molecule has 10 aromatic carbocycles. The molecule has 0 aliphatic heterocycles. The van der Waals surface area contributed by atoms with Gasteiger partial charge in [-0.3, -0.25) is 0 Å². The second-order valence-corrected chi connectivity index (χ2v) is 14.4. The molecule has 0 amide bonds. The first-order chi connectivity index (χ1) is 27.8. The zero-order valence-corrected chi connectivity index (χ0v) is 30.6. The molecule has 0 spiro atoms. The van der Waals surface area contributed by atoms with Crippen molar-refractivity contribution >= 4 is 71.3 Å². The van der Waals surface area contributed by atoms with Gasteiger partial charge in [-0.2, -0.15) is 0 Å². The Labute approximate surface area is 325 Å². The smallest absolute Gasteiger partial charge is 0.143 e. The van der Waals surface area contributed by atoms with Gasteiger partial charge >= 0.3 is 0 Å². The molecule has 0 saturated heterocycles. The Bertz CT molecular complexity index is 3230. The Balaban J connectivity index is 1.10. The lowest BCUT2D eigenvalue weighted by molar-refractivity contribution is 0.673. The lowest BCUT2D eigenvalue weighted by Gasteiger charge is -2.28. The number of hydrogen-bond donors (Lipinski definition) is 0. The molecule has 2 nitrogen and oxygen atoms in total. The minimum absolute atomic E-state index is 0.884. The lowest BCUT2D eigenvalue weighted by atomic mass is 9.93. The van der Waals surface area contributed by atoms with Crippen molar-refractivity contribution in [3.05, 3.63) is 212 Å². The summed E-state index contributed by atoms with van der Waals surface area (Å²) in [6, 6.07) is 76.4. The van der Waals surface area contributed by atoms with Crippen LogP contribution in [0.5, 0.6) is 0 Å². The highest BCUT2D eigenvalue weighted by Crippen LogP contribution is 2.46. The predicted octanol–water partition coefficient (Wildman–Crippen LogP) is 15.5. The number of anilines is 3. The Morgan fingerprint density at radius 3 is 1.70 bits per heavy atom. The summed E-state index contributed by atoms with van der Waals surface area (Å²) in [5.74, 6) is 0. The molecule has 11 aromatic rings. The highest BCUT2D eigenvalue weighted by Gasteiger charge is 2.21. The minimum atomic E-state index is 0.884. The maximum absolute atomic E-state index is 6.65. The summed E-state index contributed by atoms with van der Waals surface area (Å²) in [5, 5.41) is 9.59. The first kappa shape index (κ1) is 32.0. The van der Waals surface area contributed by atoms with Crippen molar-refractivity contribution in [2.75, 3.05) is 4.90 Å². The van der Waals surface area contributed by atoms with E-state index in [4.69, 9.17) is 4.42 Å². The molecule has 0 N–H and O–H groups in total. The van der Waals surface area contributed by atoms with Gasteiger partial charge in [-0.1, -0.05) is 164 Å². The van der Waals surface area contributed by atoms with E-state index >= 15 is 0 Å². The van der Waals surface area contributed by atoms with Crippen molar-refractivity contribution in [2.24, 2.45) is 0 Å². The summed E-state index contributed by atoms with van der Waals surface area (Å²) < 4.78 is 6.65. The largest absolute Gasteiger partial charge is 0.455 e. The van der Waals surface area contributed by atoms with Crippen LogP contribution in [0.1, 0.15) is 0 Å². The number of benzene rings is 10. The van der Waals surface area contributed by atoms with Crippen molar-refractivity contribution in [3.63, 3.8) is 0 Å². The molecule has 2 heteroatoms. The van der Waals surface area contributed by atoms with E-state index in [-0.39, 0.29) is 0 Å². The zero-order valence-electron chi connectivity index (χ0n) is 30.6. The molecule has 0 saturated carbocycles. The molecule has 1 aromatic heterocycles. The number of furan rings is 1. The van der Waals surface area contributed by atoms with Crippen molar-refractivity contribution in [2.45, 2.75) is 0 Å². The Hall–Kier alpha value is -7.42. The molecule has 1 heterocycles. The van der Waals surface area contributed by atoms with Gasteiger partial charge in [-0.05, 0) is 103 Å². The third-order valence-electron chi connectivity index (χ3n) is 11.3. The second-order valence-electron chi connectivity index (χ2n) is 14.4. The molecule has 0 radical (unpaired) electrons. The summed E-state index contributed by atoms with van der Waals surface area (Å²) in [4.78, 5) is 2.39. The van der Waals surface area contributed by atoms with Gasteiger partial charge in [0.2, 0.25) is 0 Å². The van der Waals surface area contributed by atoms with E-state index in [0.29, 0.717) is 0 Å². The Morgan fingerprint density at radius 1 is 0.321 bits per heavy atom. The van der Waals surface area contributed by atoms with E-state index in [1.165, 1.54) is 49.2 Å². The third kappa shape index (κ3) is 5.26. The van der Waals surface area contributed by atoms with Crippen LogP contribution in [0, 0.1) is 0 Å². The molecular formula is C54H35NO. The van der Waals surface area contributed by atoms with Crippen molar-refractivity contribution in [1.29, 1.82) is 0 Å². The molecule has 0 bridgehead atoms. The highest BCUT2D eigenvalue weighted by atomic mass is 16.3. The average Bonchev–Trinajstić information content (AvgIpc) is 3.67. The van der Waals surface area contributed by atoms with Gasteiger partial charge in [-0.25, -0.2) is 0 Å². The van der Waals surface area contributed by atoms with Gasteiger partial charge < -0.3 is 9.32 Å². The molecular weight excluding hydrogens is 679 g/mol. The summed E-state index contributed by atoms with van der Waals surface area (Å²) in [7, 11) is 0. The first-order valence-electron chi connectivity index (χ1n) is 19.2. The number of fused-ring (bicyclic) bond motifs is 8. The Morgan fingerprint density at radius 2 is 0.911 bits per heavy atom. The van der Waals surface area contributed by atoms with Crippen molar-refractivity contribution in [3.8, 4) is 33.4 Å². The number of hydrogen-bond acceptors (Lipinski definition) is 2. The van der Waals surface area contributed by atoms with E-state index in [1.807, 2.05) is 0 Å². The highest BCUT2D eigenvalue weighted by molar-refractivity contribution is 6.20. The quantitative estimate of drug-likeness (QED) is 0.160. The van der Waals surface area contributed by atoms with Crippen LogP contribution in [0.15, 0.2) is 217 Å². The summed E-state index contributed by atoms with van der Waals surface area (Å²) in [6.07, 6.45) is 0. The number of para-hydroxylation sites is 1. The zero-order chi connectivity index (χ0) is 37.0. The fourth-order valence-corrected chi connectivity index (χ4v) is 8.62.